The van der Waals surface area contributed by atoms with Crippen molar-refractivity contribution in [2.24, 2.45) is 5.92 Å². The number of pyridine rings is 1. The first-order valence-corrected chi connectivity index (χ1v) is 13.9. The maximum absolute atomic E-state index is 14.8. The van der Waals surface area contributed by atoms with Crippen molar-refractivity contribution in [3.63, 3.8) is 0 Å². The van der Waals surface area contributed by atoms with E-state index in [-0.39, 0.29) is 17.9 Å². The van der Waals surface area contributed by atoms with E-state index in [0.29, 0.717) is 40.1 Å². The number of hydrogen-bond donors (Lipinski definition) is 2. The van der Waals surface area contributed by atoms with Crippen LogP contribution in [0.15, 0.2) is 59.5 Å². The molecular weight excluding hydrogens is 503 g/mol. The molecule has 1 saturated carbocycles. The highest BCUT2D eigenvalue weighted by atomic mass is 19.1. The van der Waals surface area contributed by atoms with Gasteiger partial charge in [0.15, 0.2) is 0 Å². The van der Waals surface area contributed by atoms with Crippen LogP contribution >= 0.6 is 0 Å². The van der Waals surface area contributed by atoms with Crippen LogP contribution in [-0.2, 0) is 6.54 Å². The molecule has 2 aromatic heterocycles. The van der Waals surface area contributed by atoms with Crippen molar-refractivity contribution >= 4 is 28.4 Å². The van der Waals surface area contributed by atoms with Crippen LogP contribution in [0.1, 0.15) is 42.4 Å². The first-order chi connectivity index (χ1) is 19.5. The molecule has 0 spiro atoms. The zero-order chi connectivity index (χ0) is 27.6. The molecule has 3 heterocycles. The molecule has 0 atom stereocenters. The van der Waals surface area contributed by atoms with Gasteiger partial charge in [-0.05, 0) is 87.7 Å². The van der Waals surface area contributed by atoms with Crippen LogP contribution in [0.2, 0.25) is 0 Å². The van der Waals surface area contributed by atoms with E-state index < -0.39 is 0 Å². The molecule has 204 valence electrons. The van der Waals surface area contributed by atoms with Gasteiger partial charge in [-0.25, -0.2) is 9.37 Å². The summed E-state index contributed by atoms with van der Waals surface area (Å²) in [5, 5.41) is 7.36. The minimum atomic E-state index is -0.350. The van der Waals surface area contributed by atoms with Crippen LogP contribution in [0, 0.1) is 30.5 Å². The lowest BCUT2D eigenvalue weighted by Gasteiger charge is -2.33. The molecule has 1 aliphatic carbocycles. The quantitative estimate of drug-likeness (QED) is 0.339. The van der Waals surface area contributed by atoms with E-state index in [9.17, 15) is 9.18 Å². The molecule has 1 saturated heterocycles. The summed E-state index contributed by atoms with van der Waals surface area (Å²) >= 11 is 0. The molecule has 6 rings (SSSR count). The molecule has 2 N–H and O–H groups in total. The van der Waals surface area contributed by atoms with Crippen LogP contribution in [0.25, 0.3) is 11.0 Å². The second-order valence-corrected chi connectivity index (χ2v) is 10.8. The number of anilines is 3. The highest BCUT2D eigenvalue weighted by molar-refractivity contribution is 5.77. The Bertz CT molecular complexity index is 1640. The van der Waals surface area contributed by atoms with Crippen molar-refractivity contribution in [2.45, 2.75) is 45.2 Å². The van der Waals surface area contributed by atoms with Crippen LogP contribution in [0.4, 0.5) is 21.7 Å². The predicted molar refractivity (Wildman–Crippen MR) is 158 cm³/mol. The summed E-state index contributed by atoms with van der Waals surface area (Å²) in [5.41, 5.74) is 3.77. The number of rotatable bonds is 6. The van der Waals surface area contributed by atoms with Crippen molar-refractivity contribution in [3.8, 4) is 11.8 Å². The standard InChI is InChI=1S/C32H33FN6O/c1-21-4-3-5-29(33)28(21)20-39-30-24(18-23(31(39)40)9-8-22-6-7-22)19-35-32(37-30)36-25-10-12-26(13-11-25)38(2)27-14-16-34-17-15-27/h3-5,10-13,18-19,22,27,34H,6-7,14-17,20H2,1-2H3,(H,35,36,37). The zero-order valence-corrected chi connectivity index (χ0v) is 22.9. The summed E-state index contributed by atoms with van der Waals surface area (Å²) in [6.07, 6.45) is 6.08. The van der Waals surface area contributed by atoms with Gasteiger partial charge in [-0.2, -0.15) is 4.98 Å². The van der Waals surface area contributed by atoms with Gasteiger partial charge in [-0.3, -0.25) is 9.36 Å². The van der Waals surface area contributed by atoms with Gasteiger partial charge in [0.2, 0.25) is 5.95 Å². The van der Waals surface area contributed by atoms with E-state index in [1.807, 2.05) is 25.1 Å². The number of benzene rings is 2. The van der Waals surface area contributed by atoms with Gasteiger partial charge in [0, 0.05) is 47.5 Å². The van der Waals surface area contributed by atoms with Gasteiger partial charge in [0.05, 0.1) is 12.1 Å². The molecule has 2 fully saturated rings. The molecule has 8 heteroatoms. The number of nitrogens with one attached hydrogen (secondary N) is 2. The fourth-order valence-electron chi connectivity index (χ4n) is 5.20. The molecule has 40 heavy (non-hydrogen) atoms. The molecule has 0 bridgehead atoms. The molecule has 2 aromatic carbocycles. The molecular formula is C32H33FN6O. The topological polar surface area (TPSA) is 75.1 Å². The summed E-state index contributed by atoms with van der Waals surface area (Å²) < 4.78 is 16.3. The highest BCUT2D eigenvalue weighted by Gasteiger charge is 2.20. The maximum atomic E-state index is 14.8. The average Bonchev–Trinajstić information content (AvgIpc) is 3.80. The van der Waals surface area contributed by atoms with Gasteiger partial charge >= 0.3 is 0 Å². The molecule has 2 aliphatic rings. The van der Waals surface area contributed by atoms with E-state index in [1.54, 1.807) is 18.3 Å². The molecule has 4 aromatic rings. The molecule has 0 amide bonds. The van der Waals surface area contributed by atoms with Crippen LogP contribution < -0.4 is 21.1 Å². The minimum absolute atomic E-state index is 0.0565. The van der Waals surface area contributed by atoms with Gasteiger partial charge < -0.3 is 15.5 Å². The minimum Gasteiger partial charge on any atom is -0.372 e. The fourth-order valence-corrected chi connectivity index (χ4v) is 5.20. The Balaban J connectivity index is 1.32. The smallest absolute Gasteiger partial charge is 0.268 e. The third kappa shape index (κ3) is 5.56. The first-order valence-electron chi connectivity index (χ1n) is 13.9. The Morgan fingerprint density at radius 1 is 1.12 bits per heavy atom. The average molecular weight is 537 g/mol. The number of piperidine rings is 1. The number of aromatic nitrogens is 3. The second-order valence-electron chi connectivity index (χ2n) is 10.8. The molecule has 7 nitrogen and oxygen atoms in total. The van der Waals surface area contributed by atoms with Crippen molar-refractivity contribution < 1.29 is 4.39 Å². The van der Waals surface area contributed by atoms with Crippen molar-refractivity contribution in [1.82, 2.24) is 19.9 Å². The SMILES string of the molecule is Cc1cccc(F)c1Cn1c(=O)c(C#CC2CC2)cc2cnc(Nc3ccc(N(C)C4CCNCC4)cc3)nc21. The Morgan fingerprint density at radius 3 is 2.62 bits per heavy atom. The van der Waals surface area contributed by atoms with E-state index in [4.69, 9.17) is 4.98 Å². The van der Waals surface area contributed by atoms with E-state index in [0.717, 1.165) is 55.7 Å². The Morgan fingerprint density at radius 2 is 1.90 bits per heavy atom. The largest absolute Gasteiger partial charge is 0.372 e. The summed E-state index contributed by atoms with van der Waals surface area (Å²) in [7, 11) is 2.14. The Kier molecular flexibility index (Phi) is 7.23. The molecule has 0 radical (unpaired) electrons. The molecule has 0 unspecified atom stereocenters. The summed E-state index contributed by atoms with van der Waals surface area (Å²) in [4.78, 5) is 25.2. The van der Waals surface area contributed by atoms with Gasteiger partial charge in [-0.15, -0.1) is 0 Å². The lowest BCUT2D eigenvalue weighted by Crippen LogP contribution is -2.41. The van der Waals surface area contributed by atoms with Crippen molar-refractivity contribution in [2.75, 3.05) is 30.4 Å². The summed E-state index contributed by atoms with van der Waals surface area (Å²) in [6, 6.07) is 15.4. The fraction of sp³-hybridized carbons (Fsp3) is 0.344. The Hall–Kier alpha value is -4.22. The van der Waals surface area contributed by atoms with Gasteiger partial charge in [-0.1, -0.05) is 24.0 Å². The van der Waals surface area contributed by atoms with Crippen molar-refractivity contribution in [1.29, 1.82) is 0 Å². The van der Waals surface area contributed by atoms with Crippen LogP contribution in [0.5, 0.6) is 0 Å². The highest BCUT2D eigenvalue weighted by Crippen LogP contribution is 2.28. The first kappa shape index (κ1) is 26.0. The number of aryl methyl sites for hydroxylation is 1. The monoisotopic (exact) mass is 536 g/mol. The summed E-state index contributed by atoms with van der Waals surface area (Å²) in [5.74, 6) is 6.60. The van der Waals surface area contributed by atoms with E-state index in [1.165, 1.54) is 10.6 Å². The normalized spacial score (nSPS) is 15.5. The van der Waals surface area contributed by atoms with Crippen LogP contribution in [0.3, 0.4) is 0 Å². The predicted octanol–water partition coefficient (Wildman–Crippen LogP) is 4.98. The van der Waals surface area contributed by atoms with Crippen LogP contribution in [-0.4, -0.2) is 40.7 Å². The number of nitrogens with zero attached hydrogens (tertiary/aromatic N) is 4. The summed E-state index contributed by atoms with van der Waals surface area (Å²) in [6.45, 7) is 3.99. The third-order valence-corrected chi connectivity index (χ3v) is 7.87. The van der Waals surface area contributed by atoms with Gasteiger partial charge in [0.1, 0.15) is 11.5 Å². The van der Waals surface area contributed by atoms with Gasteiger partial charge in [0.25, 0.3) is 5.56 Å². The van der Waals surface area contributed by atoms with E-state index >= 15 is 0 Å². The Labute approximate surface area is 233 Å². The maximum Gasteiger partial charge on any atom is 0.268 e. The third-order valence-electron chi connectivity index (χ3n) is 7.87. The number of hydrogen-bond acceptors (Lipinski definition) is 6. The van der Waals surface area contributed by atoms with E-state index in [2.05, 4.69) is 51.5 Å². The number of fused-ring (bicyclic) bond motifs is 1. The van der Waals surface area contributed by atoms with Crippen molar-refractivity contribution in [3.05, 3.63) is 87.6 Å². The number of halogens is 1. The lowest BCUT2D eigenvalue weighted by atomic mass is 10.0. The lowest BCUT2D eigenvalue weighted by molar-refractivity contribution is 0.443. The molecule has 1 aliphatic heterocycles. The zero-order valence-electron chi connectivity index (χ0n) is 22.9. The second kappa shape index (κ2) is 11.1.